The topological polar surface area (TPSA) is 59.3 Å². The molecule has 1 aliphatic carbocycles. The lowest BCUT2D eigenvalue weighted by atomic mass is 9.88. The largest absolute Gasteiger partial charge is 0.501 e. The second-order valence-corrected chi connectivity index (χ2v) is 9.83. The maximum Gasteiger partial charge on any atom is 0.174 e. The van der Waals surface area contributed by atoms with Gasteiger partial charge in [-0.2, -0.15) is 4.68 Å². The van der Waals surface area contributed by atoms with E-state index in [4.69, 9.17) is 4.74 Å². The first-order chi connectivity index (χ1) is 18.2. The predicted molar refractivity (Wildman–Crippen MR) is 147 cm³/mol. The standard InChI is InChI=1S/C30H36N6O/c1-23-11-9-12-24(2)28(23)36-30(31-32-33-36)29(26-16-7-8-17-27(26)37-3)35-21-19-34(20-22-35)18-10-15-25-13-5-4-6-14-25/h4-15,17,26,29H,16,18-22H2,1-3H3/b15-10+/t26?,29-/m0/s1. The number of tetrazole rings is 1. The van der Waals surface area contributed by atoms with Crippen molar-refractivity contribution in [1.29, 1.82) is 0 Å². The van der Waals surface area contributed by atoms with Gasteiger partial charge in [0.25, 0.3) is 0 Å². The van der Waals surface area contributed by atoms with Crippen molar-refractivity contribution in [2.45, 2.75) is 26.3 Å². The smallest absolute Gasteiger partial charge is 0.174 e. The number of methoxy groups -OCH3 is 1. The van der Waals surface area contributed by atoms with E-state index in [1.165, 1.54) is 5.56 Å². The van der Waals surface area contributed by atoms with Crippen LogP contribution in [0.4, 0.5) is 0 Å². The molecule has 5 rings (SSSR count). The number of aryl methyl sites for hydroxylation is 2. The van der Waals surface area contributed by atoms with Gasteiger partial charge in [0.15, 0.2) is 5.82 Å². The average molecular weight is 497 g/mol. The molecule has 7 heteroatoms. The highest BCUT2D eigenvalue weighted by atomic mass is 16.5. The Balaban J connectivity index is 1.39. The second-order valence-electron chi connectivity index (χ2n) is 9.83. The third-order valence-electron chi connectivity index (χ3n) is 7.45. The monoisotopic (exact) mass is 496 g/mol. The summed E-state index contributed by atoms with van der Waals surface area (Å²) in [6.45, 7) is 9.07. The van der Waals surface area contributed by atoms with Gasteiger partial charge in [0.1, 0.15) is 5.76 Å². The van der Waals surface area contributed by atoms with Gasteiger partial charge in [0.2, 0.25) is 0 Å². The molecule has 2 aliphatic rings. The molecule has 1 aliphatic heterocycles. The van der Waals surface area contributed by atoms with Gasteiger partial charge in [-0.15, -0.1) is 5.10 Å². The van der Waals surface area contributed by atoms with E-state index in [2.05, 4.69) is 118 Å². The lowest BCUT2D eigenvalue weighted by Crippen LogP contribution is -2.49. The van der Waals surface area contributed by atoms with Crippen LogP contribution in [0.5, 0.6) is 0 Å². The number of aromatic nitrogens is 4. The van der Waals surface area contributed by atoms with Gasteiger partial charge >= 0.3 is 0 Å². The van der Waals surface area contributed by atoms with Crippen molar-refractivity contribution in [2.75, 3.05) is 39.8 Å². The summed E-state index contributed by atoms with van der Waals surface area (Å²) in [5, 5.41) is 13.3. The molecule has 0 amide bonds. The second kappa shape index (κ2) is 11.7. The first-order valence-electron chi connectivity index (χ1n) is 13.1. The Kier molecular flexibility index (Phi) is 7.92. The lowest BCUT2D eigenvalue weighted by Gasteiger charge is -2.42. The molecule has 1 fully saturated rings. The zero-order chi connectivity index (χ0) is 25.6. The molecule has 1 aromatic heterocycles. The van der Waals surface area contributed by atoms with Gasteiger partial charge in [-0.05, 0) is 53.5 Å². The molecule has 2 heterocycles. The van der Waals surface area contributed by atoms with Crippen LogP contribution in [0.2, 0.25) is 0 Å². The Morgan fingerprint density at radius 2 is 1.76 bits per heavy atom. The number of ether oxygens (including phenoxy) is 1. The molecule has 1 unspecified atom stereocenters. The summed E-state index contributed by atoms with van der Waals surface area (Å²) in [7, 11) is 1.76. The van der Waals surface area contributed by atoms with Crippen molar-refractivity contribution in [1.82, 2.24) is 30.0 Å². The van der Waals surface area contributed by atoms with E-state index in [1.54, 1.807) is 7.11 Å². The maximum atomic E-state index is 5.87. The van der Waals surface area contributed by atoms with Crippen molar-refractivity contribution in [3.63, 3.8) is 0 Å². The summed E-state index contributed by atoms with van der Waals surface area (Å²) in [5.74, 6) is 2.00. The fourth-order valence-electron chi connectivity index (χ4n) is 5.53. The van der Waals surface area contributed by atoms with E-state index in [0.29, 0.717) is 0 Å². The highest BCUT2D eigenvalue weighted by Gasteiger charge is 2.38. The molecular formula is C30H36N6O. The van der Waals surface area contributed by atoms with Crippen LogP contribution >= 0.6 is 0 Å². The summed E-state index contributed by atoms with van der Waals surface area (Å²) >= 11 is 0. The normalized spacial score (nSPS) is 19.8. The molecule has 2 aromatic carbocycles. The van der Waals surface area contributed by atoms with Gasteiger partial charge in [0, 0.05) is 38.6 Å². The zero-order valence-corrected chi connectivity index (χ0v) is 22.0. The maximum absolute atomic E-state index is 5.87. The molecule has 0 bridgehead atoms. The number of benzene rings is 2. The Labute approximate surface area is 219 Å². The van der Waals surface area contributed by atoms with E-state index in [0.717, 1.165) is 67.5 Å². The first kappa shape index (κ1) is 25.1. The molecule has 0 spiro atoms. The fraction of sp³-hybridized carbons (Fsp3) is 0.367. The molecule has 1 saturated heterocycles. The highest BCUT2D eigenvalue weighted by molar-refractivity contribution is 5.49. The number of rotatable bonds is 8. The Hall–Kier alpha value is -3.55. The van der Waals surface area contributed by atoms with E-state index >= 15 is 0 Å². The number of allylic oxidation sites excluding steroid dienone is 3. The number of hydrogen-bond donors (Lipinski definition) is 0. The van der Waals surface area contributed by atoms with E-state index < -0.39 is 0 Å². The van der Waals surface area contributed by atoms with Crippen molar-refractivity contribution in [3.8, 4) is 5.69 Å². The van der Waals surface area contributed by atoms with Crippen LogP contribution in [0.1, 0.15) is 35.0 Å². The molecule has 0 N–H and O–H groups in total. The summed E-state index contributed by atoms with van der Waals surface area (Å²) in [5.41, 5.74) is 4.62. The lowest BCUT2D eigenvalue weighted by molar-refractivity contribution is 0.0607. The van der Waals surface area contributed by atoms with Crippen LogP contribution in [-0.4, -0.2) is 69.8 Å². The van der Waals surface area contributed by atoms with Crippen LogP contribution in [-0.2, 0) is 4.74 Å². The molecule has 7 nitrogen and oxygen atoms in total. The molecule has 0 saturated carbocycles. The molecule has 0 radical (unpaired) electrons. The first-order valence-corrected chi connectivity index (χ1v) is 13.1. The average Bonchev–Trinajstić information content (AvgIpc) is 3.39. The van der Waals surface area contributed by atoms with Crippen LogP contribution < -0.4 is 0 Å². The van der Waals surface area contributed by atoms with Gasteiger partial charge in [0.05, 0.1) is 18.8 Å². The molecular weight excluding hydrogens is 460 g/mol. The Bertz CT molecular complexity index is 1250. The molecule has 37 heavy (non-hydrogen) atoms. The van der Waals surface area contributed by atoms with Crippen LogP contribution in [0.3, 0.4) is 0 Å². The molecule has 3 aromatic rings. The van der Waals surface area contributed by atoms with E-state index in [-0.39, 0.29) is 12.0 Å². The van der Waals surface area contributed by atoms with Gasteiger partial charge < -0.3 is 4.74 Å². The van der Waals surface area contributed by atoms with E-state index in [9.17, 15) is 0 Å². The number of hydrogen-bond acceptors (Lipinski definition) is 6. The predicted octanol–water partition coefficient (Wildman–Crippen LogP) is 4.76. The zero-order valence-electron chi connectivity index (χ0n) is 22.0. The van der Waals surface area contributed by atoms with Crippen molar-refractivity contribution in [2.24, 2.45) is 5.92 Å². The minimum absolute atomic E-state index is 0.00664. The van der Waals surface area contributed by atoms with Gasteiger partial charge in [-0.25, -0.2) is 0 Å². The quantitative estimate of drug-likeness (QED) is 0.448. The summed E-state index contributed by atoms with van der Waals surface area (Å²) in [6, 6.07) is 16.8. The fourth-order valence-corrected chi connectivity index (χ4v) is 5.53. The van der Waals surface area contributed by atoms with E-state index in [1.807, 2.05) is 4.68 Å². The summed E-state index contributed by atoms with van der Waals surface area (Å²) in [6.07, 6.45) is 11.7. The van der Waals surface area contributed by atoms with Gasteiger partial charge in [-0.1, -0.05) is 72.8 Å². The minimum Gasteiger partial charge on any atom is -0.501 e. The SMILES string of the molecule is COC1=CC=CCC1[C@@H](c1nnnn1-c1c(C)cccc1C)N1CCN(C/C=C/c2ccccc2)CC1. The number of nitrogens with zero attached hydrogens (tertiary/aromatic N) is 6. The minimum atomic E-state index is 0.00664. The molecule has 192 valence electrons. The summed E-state index contributed by atoms with van der Waals surface area (Å²) in [4.78, 5) is 5.05. The van der Waals surface area contributed by atoms with Crippen molar-refractivity contribution in [3.05, 3.63) is 101 Å². The van der Waals surface area contributed by atoms with Crippen molar-refractivity contribution >= 4 is 6.08 Å². The van der Waals surface area contributed by atoms with Gasteiger partial charge in [-0.3, -0.25) is 9.80 Å². The Morgan fingerprint density at radius 1 is 1.00 bits per heavy atom. The van der Waals surface area contributed by atoms with Crippen LogP contribution in [0.15, 0.2) is 78.6 Å². The summed E-state index contributed by atoms with van der Waals surface area (Å²) < 4.78 is 7.82. The molecule has 2 atom stereocenters. The van der Waals surface area contributed by atoms with Crippen LogP contribution in [0, 0.1) is 19.8 Å². The van der Waals surface area contributed by atoms with Crippen LogP contribution in [0.25, 0.3) is 11.8 Å². The third-order valence-corrected chi connectivity index (χ3v) is 7.45. The van der Waals surface area contributed by atoms with Crippen molar-refractivity contribution < 1.29 is 4.74 Å². The number of para-hydroxylation sites is 1. The Morgan fingerprint density at radius 3 is 2.49 bits per heavy atom. The highest BCUT2D eigenvalue weighted by Crippen LogP contribution is 2.38. The third kappa shape index (κ3) is 5.58. The number of piperazine rings is 1.